The minimum absolute atomic E-state index is 0.261. The van der Waals surface area contributed by atoms with E-state index in [1.54, 1.807) is 18.4 Å². The van der Waals surface area contributed by atoms with Crippen molar-refractivity contribution in [3.8, 4) is 11.3 Å². The second-order valence-electron chi connectivity index (χ2n) is 10.1. The highest BCUT2D eigenvalue weighted by Crippen LogP contribution is 2.30. The number of hydrogen-bond donors (Lipinski definition) is 1. The Morgan fingerprint density at radius 2 is 1.68 bits per heavy atom. The van der Waals surface area contributed by atoms with Gasteiger partial charge in [0.15, 0.2) is 5.78 Å². The number of aliphatic hydroxyl groups is 1. The summed E-state index contributed by atoms with van der Waals surface area (Å²) in [4.78, 5) is 19.0. The van der Waals surface area contributed by atoms with Crippen molar-refractivity contribution in [3.63, 3.8) is 0 Å². The molecule has 6 rings (SSSR count). The summed E-state index contributed by atoms with van der Waals surface area (Å²) < 4.78 is 7.64. The third-order valence-electron chi connectivity index (χ3n) is 7.62. The van der Waals surface area contributed by atoms with Crippen LogP contribution in [-0.4, -0.2) is 45.0 Å². The van der Waals surface area contributed by atoms with Crippen LogP contribution in [0.15, 0.2) is 95.9 Å². The number of likely N-dealkylation sites (tertiary alicyclic amines) is 1. The van der Waals surface area contributed by atoms with Gasteiger partial charge in [0.05, 0.1) is 6.26 Å². The second-order valence-corrected chi connectivity index (χ2v) is 10.1. The molecule has 0 amide bonds. The van der Waals surface area contributed by atoms with Crippen LogP contribution in [0.4, 0.5) is 0 Å². The topological polar surface area (TPSA) is 71.5 Å². The van der Waals surface area contributed by atoms with Gasteiger partial charge in [-0.05, 0) is 72.8 Å². The lowest BCUT2D eigenvalue weighted by Crippen LogP contribution is -2.32. The van der Waals surface area contributed by atoms with Crippen LogP contribution in [0.5, 0.6) is 0 Å². The lowest BCUT2D eigenvalue weighted by atomic mass is 9.90. The average molecular weight is 506 g/mol. The van der Waals surface area contributed by atoms with Gasteiger partial charge in [0.1, 0.15) is 18.0 Å². The Labute approximate surface area is 222 Å². The zero-order chi connectivity index (χ0) is 25.9. The molecule has 1 fully saturated rings. The number of aliphatic hydroxyl groups excluding tert-OH is 1. The number of piperidine rings is 1. The first-order valence-corrected chi connectivity index (χ1v) is 13.2. The Morgan fingerprint density at radius 3 is 2.39 bits per heavy atom. The molecule has 1 aliphatic heterocycles. The summed E-state index contributed by atoms with van der Waals surface area (Å²) in [5, 5.41) is 10.2. The second kappa shape index (κ2) is 10.8. The Morgan fingerprint density at radius 1 is 0.947 bits per heavy atom. The Balaban J connectivity index is 1.06. The third kappa shape index (κ3) is 5.19. The van der Waals surface area contributed by atoms with Crippen molar-refractivity contribution < 1.29 is 14.3 Å². The maximum Gasteiger partial charge on any atom is 0.188 e. The van der Waals surface area contributed by atoms with Crippen LogP contribution in [0.2, 0.25) is 0 Å². The van der Waals surface area contributed by atoms with Crippen molar-refractivity contribution >= 4 is 16.8 Å². The molecule has 5 aromatic rings. The summed E-state index contributed by atoms with van der Waals surface area (Å²) in [6.07, 6.45) is 8.11. The lowest BCUT2D eigenvalue weighted by Gasteiger charge is -2.32. The highest BCUT2D eigenvalue weighted by atomic mass is 16.3. The van der Waals surface area contributed by atoms with E-state index in [0.717, 1.165) is 60.4 Å². The molecular formula is C32H31N3O3. The highest BCUT2D eigenvalue weighted by molar-refractivity contribution is 5.96. The minimum Gasteiger partial charge on any atom is -0.464 e. The van der Waals surface area contributed by atoms with Gasteiger partial charge < -0.3 is 14.1 Å². The van der Waals surface area contributed by atoms with Gasteiger partial charge in [-0.3, -0.25) is 9.69 Å². The highest BCUT2D eigenvalue weighted by Gasteiger charge is 2.21. The van der Waals surface area contributed by atoms with Crippen molar-refractivity contribution in [2.75, 3.05) is 19.7 Å². The number of carbonyl (C=O) groups excluding carboxylic acids is 1. The number of carbonyl (C=O) groups is 1. The molecule has 6 heteroatoms. The van der Waals surface area contributed by atoms with E-state index in [4.69, 9.17) is 14.5 Å². The van der Waals surface area contributed by atoms with Crippen molar-refractivity contribution in [1.29, 1.82) is 0 Å². The molecular weight excluding hydrogens is 474 g/mol. The van der Waals surface area contributed by atoms with Crippen molar-refractivity contribution in [3.05, 3.63) is 114 Å². The largest absolute Gasteiger partial charge is 0.464 e. The normalized spacial score (nSPS) is 14.8. The predicted molar refractivity (Wildman–Crippen MR) is 148 cm³/mol. The quantitative estimate of drug-likeness (QED) is 0.266. The monoisotopic (exact) mass is 505 g/mol. The van der Waals surface area contributed by atoms with E-state index in [-0.39, 0.29) is 5.78 Å². The molecule has 4 heterocycles. The zero-order valence-electron chi connectivity index (χ0n) is 21.3. The van der Waals surface area contributed by atoms with Gasteiger partial charge in [-0.2, -0.15) is 0 Å². The molecule has 38 heavy (non-hydrogen) atoms. The molecule has 0 radical (unpaired) electrons. The van der Waals surface area contributed by atoms with Crippen molar-refractivity contribution in [1.82, 2.24) is 14.5 Å². The fourth-order valence-corrected chi connectivity index (χ4v) is 5.43. The fraction of sp³-hybridized carbons (Fsp3) is 0.250. The molecule has 0 unspecified atom stereocenters. The maximum absolute atomic E-state index is 11.7. The SMILES string of the molecule is O=C(CO)c1ccc(Cn2ccc3cc(C4CCN(Cc5ccc(-c6ccco6)cc5)CC4)cnc32)cc1. The van der Waals surface area contributed by atoms with E-state index in [2.05, 4.69) is 58.3 Å². The smallest absolute Gasteiger partial charge is 0.188 e. The van der Waals surface area contributed by atoms with E-state index < -0.39 is 6.61 Å². The molecule has 1 saturated heterocycles. The van der Waals surface area contributed by atoms with Crippen LogP contribution in [0.25, 0.3) is 22.4 Å². The first kappa shape index (κ1) is 24.3. The molecule has 3 aromatic heterocycles. The lowest BCUT2D eigenvalue weighted by molar-refractivity contribution is 0.0903. The molecule has 1 N–H and O–H groups in total. The van der Waals surface area contributed by atoms with E-state index in [9.17, 15) is 4.79 Å². The van der Waals surface area contributed by atoms with Gasteiger partial charge in [0.25, 0.3) is 0 Å². The van der Waals surface area contributed by atoms with Crippen LogP contribution in [0, 0.1) is 0 Å². The number of hydrogen-bond acceptors (Lipinski definition) is 5. The van der Waals surface area contributed by atoms with Gasteiger partial charge in [0, 0.05) is 42.0 Å². The number of fused-ring (bicyclic) bond motifs is 1. The fourth-order valence-electron chi connectivity index (χ4n) is 5.43. The number of aromatic nitrogens is 2. The van der Waals surface area contributed by atoms with Gasteiger partial charge in [-0.1, -0.05) is 48.5 Å². The van der Waals surface area contributed by atoms with Crippen molar-refractivity contribution in [2.24, 2.45) is 0 Å². The first-order valence-electron chi connectivity index (χ1n) is 13.2. The number of furan rings is 1. The zero-order valence-corrected chi connectivity index (χ0v) is 21.3. The molecule has 0 aliphatic carbocycles. The molecule has 0 spiro atoms. The summed E-state index contributed by atoms with van der Waals surface area (Å²) >= 11 is 0. The number of ketones is 1. The van der Waals surface area contributed by atoms with Crippen LogP contribution in [-0.2, 0) is 13.1 Å². The Bertz CT molecular complexity index is 1510. The Kier molecular flexibility index (Phi) is 6.90. The molecule has 2 aromatic carbocycles. The first-order chi connectivity index (χ1) is 18.7. The standard InChI is InChI=1S/C32H31N3O3/c36-22-30(37)26-7-3-24(4-8-26)21-35-16-13-28-18-29(19-33-32(28)35)25-11-14-34(15-12-25)20-23-5-9-27(10-6-23)31-2-1-17-38-31/h1-10,13,16-19,25,36H,11-12,14-15,20-22H2. The molecule has 0 saturated carbocycles. The average Bonchev–Trinajstić information content (AvgIpc) is 3.64. The van der Waals surface area contributed by atoms with Crippen LogP contribution in [0.3, 0.4) is 0 Å². The summed E-state index contributed by atoms with van der Waals surface area (Å²) in [6, 6.07) is 24.4. The number of benzene rings is 2. The molecule has 1 aliphatic rings. The van der Waals surface area contributed by atoms with Crippen LogP contribution in [0.1, 0.15) is 45.8 Å². The van der Waals surface area contributed by atoms with Gasteiger partial charge in [-0.25, -0.2) is 4.98 Å². The van der Waals surface area contributed by atoms with Gasteiger partial charge in [-0.15, -0.1) is 0 Å². The number of Topliss-reactive ketones (excluding diaryl/α,β-unsaturated/α-hetero) is 1. The summed E-state index contributed by atoms with van der Waals surface area (Å²) in [7, 11) is 0. The summed E-state index contributed by atoms with van der Waals surface area (Å²) in [6.45, 7) is 3.36. The maximum atomic E-state index is 11.7. The predicted octanol–water partition coefficient (Wildman–Crippen LogP) is 5.90. The number of pyridine rings is 1. The number of nitrogens with zero attached hydrogens (tertiary/aromatic N) is 3. The molecule has 192 valence electrons. The summed E-state index contributed by atoms with van der Waals surface area (Å²) in [5.41, 5.74) is 6.36. The van der Waals surface area contributed by atoms with Crippen LogP contribution >= 0.6 is 0 Å². The molecule has 0 bridgehead atoms. The van der Waals surface area contributed by atoms with Crippen LogP contribution < -0.4 is 0 Å². The molecule has 0 atom stereocenters. The van der Waals surface area contributed by atoms with E-state index >= 15 is 0 Å². The number of rotatable bonds is 8. The van der Waals surface area contributed by atoms with Gasteiger partial charge in [0.2, 0.25) is 0 Å². The Hall–Kier alpha value is -4.00. The van der Waals surface area contributed by atoms with E-state index in [0.29, 0.717) is 18.0 Å². The minimum atomic E-state index is -0.464. The van der Waals surface area contributed by atoms with Gasteiger partial charge >= 0.3 is 0 Å². The van der Waals surface area contributed by atoms with E-state index in [1.165, 1.54) is 11.1 Å². The van der Waals surface area contributed by atoms with Crippen molar-refractivity contribution in [2.45, 2.75) is 31.8 Å². The van der Waals surface area contributed by atoms with E-state index in [1.807, 2.05) is 24.3 Å². The molecule has 6 nitrogen and oxygen atoms in total. The summed E-state index contributed by atoms with van der Waals surface area (Å²) in [5.74, 6) is 1.18. The third-order valence-corrected chi connectivity index (χ3v) is 7.62.